The molecular weight excluding hydrogens is 351 g/mol. The lowest BCUT2D eigenvalue weighted by Crippen LogP contribution is -2.40. The maximum Gasteiger partial charge on any atom is 0.419 e. The smallest absolute Gasteiger partial charge is 0.419 e. The number of hydrogen-bond donors (Lipinski definition) is 0. The maximum absolute atomic E-state index is 13.2. The van der Waals surface area contributed by atoms with Crippen LogP contribution in [-0.2, 0) is 22.3 Å². The van der Waals surface area contributed by atoms with Crippen LogP contribution in [0.4, 0.5) is 19.0 Å². The van der Waals surface area contributed by atoms with E-state index >= 15 is 0 Å². The van der Waals surface area contributed by atoms with Crippen molar-refractivity contribution in [2.24, 2.45) is 5.92 Å². The number of nitrogens with zero attached hydrogens (tertiary/aromatic N) is 3. The summed E-state index contributed by atoms with van der Waals surface area (Å²) in [6.07, 6.45) is -2.04. The summed E-state index contributed by atoms with van der Waals surface area (Å²) in [6, 6.07) is 3.91. The third kappa shape index (κ3) is 4.14. The molecule has 0 spiro atoms. The molecule has 6 nitrogen and oxygen atoms in total. The van der Waals surface area contributed by atoms with Gasteiger partial charge >= 0.3 is 12.1 Å². The molecule has 0 saturated carbocycles. The van der Waals surface area contributed by atoms with Crippen LogP contribution in [-0.4, -0.2) is 29.2 Å². The topological polar surface area (TPSA) is 68.5 Å². The van der Waals surface area contributed by atoms with Crippen LogP contribution in [0.15, 0.2) is 28.9 Å². The molecule has 9 heteroatoms. The van der Waals surface area contributed by atoms with Gasteiger partial charge in [0.2, 0.25) is 0 Å². The first-order chi connectivity index (χ1) is 12.3. The predicted octanol–water partition coefficient (Wildman–Crippen LogP) is 3.36. The Labute approximate surface area is 147 Å². The summed E-state index contributed by atoms with van der Waals surface area (Å²) in [6.45, 7) is 2.25. The van der Waals surface area contributed by atoms with Gasteiger partial charge in [-0.25, -0.2) is 4.98 Å². The van der Waals surface area contributed by atoms with Crippen molar-refractivity contribution in [2.75, 3.05) is 18.0 Å². The minimum Gasteiger partial charge on any atom is -0.459 e. The Hall–Kier alpha value is -2.58. The fraction of sp³-hybridized carbons (Fsp3) is 0.471. The van der Waals surface area contributed by atoms with Gasteiger partial charge in [-0.05, 0) is 31.9 Å². The molecule has 3 heterocycles. The molecule has 1 atom stereocenters. The summed E-state index contributed by atoms with van der Waals surface area (Å²) >= 11 is 0. The van der Waals surface area contributed by atoms with Crippen LogP contribution in [0, 0.1) is 12.8 Å². The number of pyridine rings is 1. The number of aromatic nitrogens is 2. The van der Waals surface area contributed by atoms with E-state index in [1.54, 1.807) is 13.0 Å². The molecule has 2 aromatic heterocycles. The highest BCUT2D eigenvalue weighted by molar-refractivity contribution is 5.73. The molecule has 1 fully saturated rings. The monoisotopic (exact) mass is 369 g/mol. The highest BCUT2D eigenvalue weighted by atomic mass is 19.4. The van der Waals surface area contributed by atoms with Gasteiger partial charge in [-0.2, -0.15) is 13.2 Å². The first kappa shape index (κ1) is 18.2. The van der Waals surface area contributed by atoms with Crippen molar-refractivity contribution >= 4 is 11.8 Å². The van der Waals surface area contributed by atoms with Crippen molar-refractivity contribution in [1.82, 2.24) is 10.1 Å². The van der Waals surface area contributed by atoms with Crippen LogP contribution in [0.2, 0.25) is 0 Å². The fourth-order valence-electron chi connectivity index (χ4n) is 2.98. The van der Waals surface area contributed by atoms with Crippen LogP contribution in [0.25, 0.3) is 0 Å². The first-order valence-corrected chi connectivity index (χ1v) is 8.20. The maximum atomic E-state index is 13.2. The first-order valence-electron chi connectivity index (χ1n) is 8.20. The summed E-state index contributed by atoms with van der Waals surface area (Å²) in [5, 5.41) is 3.74. The van der Waals surface area contributed by atoms with Gasteiger partial charge in [-0.3, -0.25) is 4.79 Å². The van der Waals surface area contributed by atoms with Gasteiger partial charge < -0.3 is 14.2 Å². The van der Waals surface area contributed by atoms with Gasteiger partial charge in [0, 0.05) is 25.4 Å². The second kappa shape index (κ2) is 7.35. The lowest BCUT2D eigenvalue weighted by Gasteiger charge is -2.33. The lowest BCUT2D eigenvalue weighted by atomic mass is 9.97. The van der Waals surface area contributed by atoms with E-state index in [0.717, 1.165) is 6.07 Å². The van der Waals surface area contributed by atoms with Crippen molar-refractivity contribution in [3.8, 4) is 0 Å². The molecule has 1 aliphatic rings. The van der Waals surface area contributed by atoms with E-state index in [1.165, 1.54) is 17.2 Å². The Morgan fingerprint density at radius 1 is 1.46 bits per heavy atom. The van der Waals surface area contributed by atoms with Crippen LogP contribution in [0.5, 0.6) is 0 Å². The number of halogens is 3. The lowest BCUT2D eigenvalue weighted by molar-refractivity contribution is -0.150. The van der Waals surface area contributed by atoms with Crippen LogP contribution in [0.3, 0.4) is 0 Å². The molecule has 1 aliphatic heterocycles. The van der Waals surface area contributed by atoms with E-state index < -0.39 is 23.6 Å². The number of hydrogen-bond acceptors (Lipinski definition) is 6. The highest BCUT2D eigenvalue weighted by Crippen LogP contribution is 2.36. The molecule has 0 aliphatic carbocycles. The summed E-state index contributed by atoms with van der Waals surface area (Å²) in [7, 11) is 0. The van der Waals surface area contributed by atoms with Crippen LogP contribution >= 0.6 is 0 Å². The van der Waals surface area contributed by atoms with E-state index in [0.29, 0.717) is 30.8 Å². The molecule has 0 bridgehead atoms. The number of aryl methyl sites for hydroxylation is 1. The number of carbonyl (C=O) groups excluding carboxylic acids is 1. The number of esters is 1. The average molecular weight is 369 g/mol. The highest BCUT2D eigenvalue weighted by Gasteiger charge is 2.37. The third-order valence-corrected chi connectivity index (χ3v) is 4.19. The minimum atomic E-state index is -4.50. The molecular formula is C17H18F3N3O3. The van der Waals surface area contributed by atoms with Crippen molar-refractivity contribution in [3.63, 3.8) is 0 Å². The van der Waals surface area contributed by atoms with E-state index in [4.69, 9.17) is 9.26 Å². The standard InChI is InChI=1S/C17H18F3N3O3/c1-11-8-13(22-26-11)10-25-16(24)12-4-3-7-23(9-12)15-14(17(18,19)20)5-2-6-21-15/h2,5-6,8,12H,3-4,7,9-10H2,1H3. The third-order valence-electron chi connectivity index (χ3n) is 4.19. The summed E-state index contributed by atoms with van der Waals surface area (Å²) in [5.74, 6) is -0.515. The van der Waals surface area contributed by atoms with Gasteiger partial charge in [0.1, 0.15) is 23.9 Å². The van der Waals surface area contributed by atoms with E-state index in [-0.39, 0.29) is 19.0 Å². The van der Waals surface area contributed by atoms with E-state index in [2.05, 4.69) is 10.1 Å². The normalized spacial score (nSPS) is 18.0. The Morgan fingerprint density at radius 3 is 2.96 bits per heavy atom. The van der Waals surface area contributed by atoms with Gasteiger partial charge in [0.15, 0.2) is 0 Å². The molecule has 26 heavy (non-hydrogen) atoms. The van der Waals surface area contributed by atoms with Crippen molar-refractivity contribution < 1.29 is 27.2 Å². The average Bonchev–Trinajstić information content (AvgIpc) is 3.04. The number of alkyl halides is 3. The Morgan fingerprint density at radius 2 is 2.27 bits per heavy atom. The largest absolute Gasteiger partial charge is 0.459 e. The van der Waals surface area contributed by atoms with Crippen molar-refractivity contribution in [3.05, 3.63) is 41.4 Å². The Balaban J connectivity index is 1.67. The predicted molar refractivity (Wildman–Crippen MR) is 85.2 cm³/mol. The molecule has 1 saturated heterocycles. The SMILES string of the molecule is Cc1cc(COC(=O)C2CCCN(c3ncccc3C(F)(F)F)C2)no1. The van der Waals surface area contributed by atoms with Gasteiger partial charge in [-0.15, -0.1) is 0 Å². The zero-order chi connectivity index (χ0) is 18.7. The number of anilines is 1. The molecule has 0 aromatic carbocycles. The summed E-state index contributed by atoms with van der Waals surface area (Å²) < 4.78 is 49.7. The zero-order valence-electron chi connectivity index (χ0n) is 14.1. The molecule has 0 N–H and O–H groups in total. The Kier molecular flexibility index (Phi) is 5.15. The van der Waals surface area contributed by atoms with Crippen LogP contribution in [0.1, 0.15) is 29.9 Å². The molecule has 2 aromatic rings. The quantitative estimate of drug-likeness (QED) is 0.770. The molecule has 0 amide bonds. The van der Waals surface area contributed by atoms with Gasteiger partial charge in [-0.1, -0.05) is 5.16 Å². The summed E-state index contributed by atoms with van der Waals surface area (Å²) in [4.78, 5) is 17.7. The molecule has 0 radical (unpaired) electrons. The van der Waals surface area contributed by atoms with E-state index in [1.807, 2.05) is 0 Å². The van der Waals surface area contributed by atoms with Gasteiger partial charge in [0.25, 0.3) is 0 Å². The number of piperidine rings is 1. The minimum absolute atomic E-state index is 0.0237. The van der Waals surface area contributed by atoms with Crippen molar-refractivity contribution in [2.45, 2.75) is 32.5 Å². The number of ether oxygens (including phenoxy) is 1. The number of carbonyl (C=O) groups is 1. The second-order valence-corrected chi connectivity index (χ2v) is 6.19. The second-order valence-electron chi connectivity index (χ2n) is 6.19. The molecule has 3 rings (SSSR count). The van der Waals surface area contributed by atoms with Crippen molar-refractivity contribution in [1.29, 1.82) is 0 Å². The van der Waals surface area contributed by atoms with Gasteiger partial charge in [0.05, 0.1) is 11.5 Å². The summed E-state index contributed by atoms with van der Waals surface area (Å²) in [5.41, 5.74) is -0.306. The zero-order valence-corrected chi connectivity index (χ0v) is 14.1. The van der Waals surface area contributed by atoms with Crippen LogP contribution < -0.4 is 4.90 Å². The molecule has 1 unspecified atom stereocenters. The van der Waals surface area contributed by atoms with E-state index in [9.17, 15) is 18.0 Å². The molecule has 140 valence electrons. The Bertz CT molecular complexity index is 776. The number of rotatable bonds is 4. The fourth-order valence-corrected chi connectivity index (χ4v) is 2.98.